The van der Waals surface area contributed by atoms with Crippen LogP contribution >= 0.6 is 0 Å². The number of nitrogens with one attached hydrogen (secondary N) is 2. The molecule has 1 aromatic rings. The fraction of sp³-hybridized carbons (Fsp3) is 0.692. The van der Waals surface area contributed by atoms with Gasteiger partial charge in [-0.2, -0.15) is 5.10 Å². The molecular formula is C13H22N4O2. The number of hydrogen-bond donors (Lipinski definition) is 2. The van der Waals surface area contributed by atoms with Crippen LogP contribution in [0.5, 0.6) is 0 Å². The second-order valence-corrected chi connectivity index (χ2v) is 5.91. The summed E-state index contributed by atoms with van der Waals surface area (Å²) in [5.41, 5.74) is 0.416. The molecule has 0 unspecified atom stereocenters. The molecule has 0 bridgehead atoms. The number of hydrogen-bond acceptors (Lipinski definition) is 3. The van der Waals surface area contributed by atoms with Gasteiger partial charge in [-0.3, -0.25) is 4.68 Å². The molecule has 0 aromatic carbocycles. The lowest BCUT2D eigenvalue weighted by molar-refractivity contribution is -0.177. The minimum atomic E-state index is -0.204. The fourth-order valence-electron chi connectivity index (χ4n) is 2.53. The molecule has 2 rings (SSSR count). The number of carbonyl (C=O) groups excluding carboxylic acids is 1. The molecule has 1 saturated carbocycles. The Morgan fingerprint density at radius 3 is 2.68 bits per heavy atom. The monoisotopic (exact) mass is 266 g/mol. The molecule has 19 heavy (non-hydrogen) atoms. The summed E-state index contributed by atoms with van der Waals surface area (Å²) in [5.74, 6) is 0. The maximum Gasteiger partial charge on any atom is 0.319 e. The Morgan fingerprint density at radius 2 is 2.21 bits per heavy atom. The van der Waals surface area contributed by atoms with Gasteiger partial charge in [0.1, 0.15) is 0 Å². The first kappa shape index (κ1) is 13.9. The Balaban J connectivity index is 1.91. The SMILES string of the molecule is CO[C@]1(C)C[C@@H](NC(=O)Nc2cnn(C)c2)C1(C)C. The summed E-state index contributed by atoms with van der Waals surface area (Å²) in [6.07, 6.45) is 4.19. The third kappa shape index (κ3) is 2.32. The quantitative estimate of drug-likeness (QED) is 0.875. The van der Waals surface area contributed by atoms with Gasteiger partial charge >= 0.3 is 6.03 Å². The number of nitrogens with zero attached hydrogens (tertiary/aromatic N) is 2. The van der Waals surface area contributed by atoms with E-state index in [-0.39, 0.29) is 23.1 Å². The Hall–Kier alpha value is -1.56. The predicted octanol–water partition coefficient (Wildman–Crippen LogP) is 1.75. The van der Waals surface area contributed by atoms with Crippen molar-refractivity contribution in [2.45, 2.75) is 38.8 Å². The molecule has 1 aromatic heterocycles. The molecule has 0 radical (unpaired) electrons. The summed E-state index contributed by atoms with van der Waals surface area (Å²) in [6, 6.07) is -0.0988. The molecule has 1 aliphatic carbocycles. The molecule has 2 amide bonds. The smallest absolute Gasteiger partial charge is 0.319 e. The average molecular weight is 266 g/mol. The summed E-state index contributed by atoms with van der Waals surface area (Å²) in [5, 5.41) is 9.76. The van der Waals surface area contributed by atoms with Gasteiger partial charge in [-0.25, -0.2) is 4.79 Å². The van der Waals surface area contributed by atoms with Crippen molar-refractivity contribution >= 4 is 11.7 Å². The first-order valence-corrected chi connectivity index (χ1v) is 6.40. The van der Waals surface area contributed by atoms with Crippen molar-refractivity contribution in [3.8, 4) is 0 Å². The van der Waals surface area contributed by atoms with Gasteiger partial charge in [-0.15, -0.1) is 0 Å². The minimum Gasteiger partial charge on any atom is -0.378 e. The highest BCUT2D eigenvalue weighted by molar-refractivity contribution is 5.89. The van der Waals surface area contributed by atoms with Crippen molar-refractivity contribution in [2.24, 2.45) is 12.5 Å². The van der Waals surface area contributed by atoms with E-state index in [1.165, 1.54) is 0 Å². The number of aryl methyl sites for hydroxylation is 1. The summed E-state index contributed by atoms with van der Waals surface area (Å²) < 4.78 is 7.18. The van der Waals surface area contributed by atoms with Gasteiger partial charge in [-0.1, -0.05) is 13.8 Å². The molecule has 1 fully saturated rings. The zero-order valence-electron chi connectivity index (χ0n) is 12.2. The summed E-state index contributed by atoms with van der Waals surface area (Å²) in [7, 11) is 3.52. The predicted molar refractivity (Wildman–Crippen MR) is 73.0 cm³/mol. The van der Waals surface area contributed by atoms with Crippen LogP contribution in [0.2, 0.25) is 0 Å². The number of amides is 2. The van der Waals surface area contributed by atoms with Gasteiger partial charge < -0.3 is 15.4 Å². The zero-order valence-corrected chi connectivity index (χ0v) is 12.2. The molecule has 2 N–H and O–H groups in total. The van der Waals surface area contributed by atoms with Crippen LogP contribution in [0.25, 0.3) is 0 Å². The van der Waals surface area contributed by atoms with Crippen LogP contribution in [0.4, 0.5) is 10.5 Å². The Kier molecular flexibility index (Phi) is 3.30. The number of aromatic nitrogens is 2. The number of ether oxygens (including phenoxy) is 1. The zero-order chi connectivity index (χ0) is 14.3. The van der Waals surface area contributed by atoms with Crippen molar-refractivity contribution in [2.75, 3.05) is 12.4 Å². The average Bonchev–Trinajstić information content (AvgIpc) is 2.73. The van der Waals surface area contributed by atoms with Crippen LogP contribution in [0.1, 0.15) is 27.2 Å². The van der Waals surface area contributed by atoms with Gasteiger partial charge in [0.15, 0.2) is 0 Å². The van der Waals surface area contributed by atoms with E-state index in [0.717, 1.165) is 6.42 Å². The number of anilines is 1. The Morgan fingerprint density at radius 1 is 1.53 bits per heavy atom. The van der Waals surface area contributed by atoms with E-state index in [0.29, 0.717) is 5.69 Å². The molecule has 106 valence electrons. The minimum absolute atomic E-state index is 0.0893. The second-order valence-electron chi connectivity index (χ2n) is 5.91. The lowest BCUT2D eigenvalue weighted by atomic mass is 9.56. The Labute approximate surface area is 113 Å². The van der Waals surface area contributed by atoms with Crippen LogP contribution in [0.3, 0.4) is 0 Å². The van der Waals surface area contributed by atoms with Crippen LogP contribution < -0.4 is 10.6 Å². The molecule has 1 heterocycles. The van der Waals surface area contributed by atoms with Gasteiger partial charge in [-0.05, 0) is 13.3 Å². The molecular weight excluding hydrogens is 244 g/mol. The third-order valence-electron chi connectivity index (χ3n) is 4.55. The standard InChI is InChI=1S/C13H22N4O2/c1-12(2)10(6-13(12,3)19-5)16-11(18)15-9-7-14-17(4)8-9/h7-8,10H,6H2,1-5H3,(H2,15,16,18)/t10-,13-/m1/s1. The topological polar surface area (TPSA) is 68.2 Å². The summed E-state index contributed by atoms with van der Waals surface area (Å²) >= 11 is 0. The van der Waals surface area contributed by atoms with E-state index >= 15 is 0 Å². The molecule has 6 heteroatoms. The van der Waals surface area contributed by atoms with E-state index in [4.69, 9.17) is 4.74 Å². The van der Waals surface area contributed by atoms with E-state index in [1.54, 1.807) is 24.2 Å². The number of carbonyl (C=O) groups is 1. The number of methoxy groups -OCH3 is 1. The highest BCUT2D eigenvalue weighted by Crippen LogP contribution is 2.51. The van der Waals surface area contributed by atoms with Crippen LogP contribution in [-0.2, 0) is 11.8 Å². The number of rotatable bonds is 3. The van der Waals surface area contributed by atoms with Gasteiger partial charge in [0.25, 0.3) is 0 Å². The maximum absolute atomic E-state index is 11.9. The molecule has 2 atom stereocenters. The van der Waals surface area contributed by atoms with Crippen LogP contribution in [-0.4, -0.2) is 34.6 Å². The highest BCUT2D eigenvalue weighted by atomic mass is 16.5. The molecule has 0 saturated heterocycles. The molecule has 0 spiro atoms. The second kappa shape index (κ2) is 4.52. The largest absolute Gasteiger partial charge is 0.378 e. The number of urea groups is 1. The van der Waals surface area contributed by atoms with Crippen molar-refractivity contribution in [3.63, 3.8) is 0 Å². The lowest BCUT2D eigenvalue weighted by Gasteiger charge is -2.58. The van der Waals surface area contributed by atoms with E-state index in [1.807, 2.05) is 7.05 Å². The lowest BCUT2D eigenvalue weighted by Crippen LogP contribution is -2.68. The summed E-state index contributed by atoms with van der Waals surface area (Å²) in [4.78, 5) is 11.9. The van der Waals surface area contributed by atoms with E-state index in [9.17, 15) is 4.79 Å². The maximum atomic E-state index is 11.9. The Bertz CT molecular complexity index is 483. The van der Waals surface area contributed by atoms with Gasteiger partial charge in [0, 0.05) is 31.8 Å². The highest BCUT2D eigenvalue weighted by Gasteiger charge is 2.58. The van der Waals surface area contributed by atoms with Crippen molar-refractivity contribution in [1.29, 1.82) is 0 Å². The van der Waals surface area contributed by atoms with Crippen molar-refractivity contribution in [3.05, 3.63) is 12.4 Å². The van der Waals surface area contributed by atoms with Crippen LogP contribution in [0.15, 0.2) is 12.4 Å². The fourth-order valence-corrected chi connectivity index (χ4v) is 2.53. The first-order chi connectivity index (χ1) is 8.78. The molecule has 1 aliphatic rings. The first-order valence-electron chi connectivity index (χ1n) is 6.40. The normalized spacial score (nSPS) is 28.6. The summed E-state index contributed by atoms with van der Waals surface area (Å²) in [6.45, 7) is 6.29. The van der Waals surface area contributed by atoms with Crippen LogP contribution in [0, 0.1) is 5.41 Å². The molecule has 0 aliphatic heterocycles. The third-order valence-corrected chi connectivity index (χ3v) is 4.55. The van der Waals surface area contributed by atoms with Crippen molar-refractivity contribution < 1.29 is 9.53 Å². The van der Waals surface area contributed by atoms with Gasteiger partial charge in [0.2, 0.25) is 0 Å². The van der Waals surface area contributed by atoms with Gasteiger partial charge in [0.05, 0.1) is 17.5 Å². The van der Waals surface area contributed by atoms with E-state index < -0.39 is 0 Å². The molecule has 6 nitrogen and oxygen atoms in total. The van der Waals surface area contributed by atoms with Crippen molar-refractivity contribution in [1.82, 2.24) is 15.1 Å². The van der Waals surface area contributed by atoms with E-state index in [2.05, 4.69) is 36.5 Å².